The molecule has 6 heteroatoms. The molecule has 1 atom stereocenters. The maximum atomic E-state index is 10.6. The van der Waals surface area contributed by atoms with Gasteiger partial charge in [-0.2, -0.15) is 14.3 Å². The van der Waals surface area contributed by atoms with E-state index in [9.17, 15) is 20.0 Å². The van der Waals surface area contributed by atoms with E-state index in [1.807, 2.05) is 31.2 Å². The highest BCUT2D eigenvalue weighted by Crippen LogP contribution is 2.54. The zero-order chi connectivity index (χ0) is 25.5. The van der Waals surface area contributed by atoms with E-state index in [1.54, 1.807) is 24.3 Å². The number of hydrogen-bond acceptors (Lipinski definition) is 5. The fourth-order valence-electron chi connectivity index (χ4n) is 4.64. The second kappa shape index (κ2) is 16.2. The highest BCUT2D eigenvalue weighted by molar-refractivity contribution is 7.59. The van der Waals surface area contributed by atoms with Crippen LogP contribution < -0.4 is 0 Å². The maximum Gasteiger partial charge on any atom is 0.406 e. The normalized spacial score (nSPS) is 12.8. The minimum Gasteiger partial charge on any atom is -0.508 e. The lowest BCUT2D eigenvalue weighted by atomic mass is 9.87. The van der Waals surface area contributed by atoms with Gasteiger partial charge in [-0.15, -0.1) is 0 Å². The molecule has 196 valence electrons. The summed E-state index contributed by atoms with van der Waals surface area (Å²) in [4.78, 5) is 21.3. The quantitative estimate of drug-likeness (QED) is 0.121. The van der Waals surface area contributed by atoms with Crippen LogP contribution in [0, 0.1) is 0 Å². The predicted octanol–water partition coefficient (Wildman–Crippen LogP) is 8.08. The van der Waals surface area contributed by atoms with Crippen molar-refractivity contribution in [2.75, 3.05) is 6.16 Å². The molecule has 2 rings (SSSR count). The molecule has 0 saturated heterocycles. The molecular formula is C29H46O5P+. The van der Waals surface area contributed by atoms with Gasteiger partial charge in [0.05, 0.1) is 0 Å². The largest absolute Gasteiger partial charge is 0.508 e. The lowest BCUT2D eigenvalue weighted by Gasteiger charge is -2.25. The number of aromatic hydroxyl groups is 2. The Hall–Kier alpha value is -1.65. The van der Waals surface area contributed by atoms with Gasteiger partial charge in [0.25, 0.3) is 0 Å². The zero-order valence-corrected chi connectivity index (χ0v) is 22.5. The van der Waals surface area contributed by atoms with E-state index >= 15 is 0 Å². The highest BCUT2D eigenvalue weighted by atomic mass is 31.2. The number of hydrogen-bond donors (Lipinski definition) is 4. The summed E-state index contributed by atoms with van der Waals surface area (Å²) in [5.41, 5.74) is 1.79. The van der Waals surface area contributed by atoms with Crippen LogP contribution >= 0.6 is 7.94 Å². The third kappa shape index (κ3) is 11.8. The molecule has 0 aromatic heterocycles. The molecule has 4 N–H and O–H groups in total. The Kier molecular flexibility index (Phi) is 13.7. The molecule has 0 bridgehead atoms. The Labute approximate surface area is 212 Å². The van der Waals surface area contributed by atoms with Crippen LogP contribution in [0.4, 0.5) is 0 Å². The van der Waals surface area contributed by atoms with E-state index in [2.05, 4.69) is 6.92 Å². The van der Waals surface area contributed by atoms with Crippen molar-refractivity contribution in [3.8, 4) is 11.5 Å². The predicted molar refractivity (Wildman–Crippen MR) is 146 cm³/mol. The zero-order valence-electron chi connectivity index (χ0n) is 21.6. The molecule has 1 unspecified atom stereocenters. The number of phenolic OH excluding ortho intramolecular Hbond substituents is 2. The van der Waals surface area contributed by atoms with Crippen molar-refractivity contribution in [3.63, 3.8) is 0 Å². The summed E-state index contributed by atoms with van der Waals surface area (Å²) in [5, 5.41) is 19.3. The Morgan fingerprint density at radius 1 is 0.629 bits per heavy atom. The monoisotopic (exact) mass is 505 g/mol. The van der Waals surface area contributed by atoms with E-state index in [0.717, 1.165) is 30.4 Å². The Morgan fingerprint density at radius 2 is 1.00 bits per heavy atom. The molecule has 5 nitrogen and oxygen atoms in total. The van der Waals surface area contributed by atoms with Crippen molar-refractivity contribution >= 4 is 7.94 Å². The molecule has 0 amide bonds. The molecule has 2 aromatic carbocycles. The van der Waals surface area contributed by atoms with Gasteiger partial charge in [0, 0.05) is 5.92 Å². The van der Waals surface area contributed by atoms with Gasteiger partial charge >= 0.3 is 7.94 Å². The van der Waals surface area contributed by atoms with E-state index in [-0.39, 0.29) is 23.6 Å². The minimum atomic E-state index is -3.49. The molecule has 2 aromatic rings. The molecule has 0 radical (unpaired) electrons. The number of phenols is 2. The molecule has 35 heavy (non-hydrogen) atoms. The fourth-order valence-corrected chi connectivity index (χ4v) is 6.03. The van der Waals surface area contributed by atoms with Crippen LogP contribution in [0.1, 0.15) is 108 Å². The molecule has 0 fully saturated rings. The van der Waals surface area contributed by atoms with Gasteiger partial charge < -0.3 is 10.2 Å². The van der Waals surface area contributed by atoms with Gasteiger partial charge in [-0.1, -0.05) is 95.4 Å². The van der Waals surface area contributed by atoms with Crippen LogP contribution in [-0.4, -0.2) is 32.3 Å². The van der Waals surface area contributed by atoms with Crippen molar-refractivity contribution in [1.29, 1.82) is 0 Å². The fraction of sp³-hybridized carbons (Fsp3) is 0.586. The van der Waals surface area contributed by atoms with Gasteiger partial charge in [0.2, 0.25) is 0 Å². The van der Waals surface area contributed by atoms with Crippen LogP contribution in [0.3, 0.4) is 0 Å². The van der Waals surface area contributed by atoms with Crippen molar-refractivity contribution < 1.29 is 24.5 Å². The lowest BCUT2D eigenvalue weighted by molar-refractivity contribution is 0.152. The third-order valence-electron chi connectivity index (χ3n) is 6.61. The molecule has 0 spiro atoms. The Bertz CT molecular complexity index is 761. The van der Waals surface area contributed by atoms with Gasteiger partial charge in [0.15, 0.2) is 0 Å². The number of unbranched alkanes of at least 4 members (excludes halogenated alkanes) is 11. The topological polar surface area (TPSA) is 90.2 Å². The Balaban J connectivity index is 1.77. The molecule has 0 heterocycles. The summed E-state index contributed by atoms with van der Waals surface area (Å²) in [6.07, 6.45) is 14.5. The smallest absolute Gasteiger partial charge is 0.406 e. The standard InChI is InChI=1S/C29H45O5P/c1-3-4-5-6-7-8-9-10-11-12-13-14-23-35(32,33)34-24(2)29(25-15-19-27(30)20-16-25)26-17-21-28(31)22-18-26/h15-22,24,29,32-33H,3-14,23H2,1-2H3,(H-,30,31)/p+1. The first-order valence-electron chi connectivity index (χ1n) is 13.4. The van der Waals surface area contributed by atoms with E-state index in [4.69, 9.17) is 4.52 Å². The van der Waals surface area contributed by atoms with Crippen molar-refractivity contribution in [2.45, 2.75) is 103 Å². The first kappa shape index (κ1) is 29.6. The second-order valence-electron chi connectivity index (χ2n) is 9.75. The maximum absolute atomic E-state index is 10.6. The van der Waals surface area contributed by atoms with E-state index < -0.39 is 14.0 Å². The second-order valence-corrected chi connectivity index (χ2v) is 11.7. The molecule has 0 aliphatic heterocycles. The molecule has 0 aliphatic carbocycles. The first-order valence-corrected chi connectivity index (χ1v) is 15.2. The summed E-state index contributed by atoms with van der Waals surface area (Å²) in [6, 6.07) is 13.7. The van der Waals surface area contributed by atoms with Gasteiger partial charge in [-0.05, 0) is 55.2 Å². The van der Waals surface area contributed by atoms with Crippen molar-refractivity contribution in [3.05, 3.63) is 59.7 Å². The van der Waals surface area contributed by atoms with Crippen LogP contribution in [0.2, 0.25) is 0 Å². The average molecular weight is 506 g/mol. The van der Waals surface area contributed by atoms with Crippen LogP contribution in [-0.2, 0) is 4.52 Å². The Morgan fingerprint density at radius 3 is 1.40 bits per heavy atom. The molecular weight excluding hydrogens is 459 g/mol. The number of rotatable bonds is 18. The van der Waals surface area contributed by atoms with E-state index in [1.165, 1.54) is 57.8 Å². The average Bonchev–Trinajstić information content (AvgIpc) is 2.82. The van der Waals surface area contributed by atoms with Crippen molar-refractivity contribution in [2.24, 2.45) is 0 Å². The summed E-state index contributed by atoms with van der Waals surface area (Å²) >= 11 is 0. The summed E-state index contributed by atoms with van der Waals surface area (Å²) in [5.74, 6) is 0.0756. The summed E-state index contributed by atoms with van der Waals surface area (Å²) in [7, 11) is -3.49. The third-order valence-corrected chi connectivity index (χ3v) is 8.18. The van der Waals surface area contributed by atoms with Crippen molar-refractivity contribution in [1.82, 2.24) is 0 Å². The molecule has 0 saturated carbocycles. The summed E-state index contributed by atoms with van der Waals surface area (Å²) in [6.45, 7) is 4.09. The highest BCUT2D eigenvalue weighted by Gasteiger charge is 2.40. The minimum absolute atomic E-state index is 0.171. The SMILES string of the molecule is CCCCCCCCCCCCCC[P+](O)(O)OC(C)C(c1ccc(O)cc1)c1ccc(O)cc1. The number of benzene rings is 2. The van der Waals surface area contributed by atoms with Crippen LogP contribution in [0.25, 0.3) is 0 Å². The van der Waals surface area contributed by atoms with Crippen LogP contribution in [0.5, 0.6) is 11.5 Å². The van der Waals surface area contributed by atoms with Gasteiger partial charge in [-0.25, -0.2) is 0 Å². The molecule has 0 aliphatic rings. The van der Waals surface area contributed by atoms with Crippen LogP contribution in [0.15, 0.2) is 48.5 Å². The summed E-state index contributed by atoms with van der Waals surface area (Å²) < 4.78 is 5.87. The lowest BCUT2D eigenvalue weighted by Crippen LogP contribution is -2.21. The van der Waals surface area contributed by atoms with E-state index in [0.29, 0.717) is 0 Å². The van der Waals surface area contributed by atoms with Gasteiger partial charge in [0.1, 0.15) is 23.8 Å². The van der Waals surface area contributed by atoms with Gasteiger partial charge in [-0.3, -0.25) is 0 Å². The first-order chi connectivity index (χ1) is 16.8.